The van der Waals surface area contributed by atoms with E-state index < -0.39 is 7.60 Å². The van der Waals surface area contributed by atoms with Crippen LogP contribution in [0.1, 0.15) is 187 Å². The summed E-state index contributed by atoms with van der Waals surface area (Å²) in [5, 5.41) is 0. The Morgan fingerprint density at radius 3 is 0.829 bits per heavy atom. The molecule has 0 saturated carbocycles. The lowest BCUT2D eigenvalue weighted by Crippen LogP contribution is -1.91. The molecule has 0 aliphatic heterocycles. The van der Waals surface area contributed by atoms with Gasteiger partial charge in [0.1, 0.15) is 0 Å². The predicted octanol–water partition coefficient (Wildman–Crippen LogP) is 11.8. The lowest BCUT2D eigenvalue weighted by molar-refractivity contribution is 0.314. The zero-order valence-electron chi connectivity index (χ0n) is 24.2. The summed E-state index contributed by atoms with van der Waals surface area (Å²) in [6, 6.07) is 0. The van der Waals surface area contributed by atoms with Gasteiger partial charge in [-0.3, -0.25) is 4.57 Å². The van der Waals surface area contributed by atoms with E-state index in [1.54, 1.807) is 0 Å². The minimum Gasteiger partial charge on any atom is -0.324 e. The molecule has 0 heterocycles. The van der Waals surface area contributed by atoms with E-state index in [4.69, 9.17) is 0 Å². The second-order valence-corrected chi connectivity index (χ2v) is 13.2. The summed E-state index contributed by atoms with van der Waals surface area (Å²) >= 11 is 0. The maximum Gasteiger partial charge on any atom is 0.327 e. The molecular formula is C31H65O3P. The van der Waals surface area contributed by atoms with Crippen molar-refractivity contribution in [3.8, 4) is 0 Å². The molecule has 0 aromatic heterocycles. The zero-order valence-corrected chi connectivity index (χ0v) is 25.1. The van der Waals surface area contributed by atoms with Gasteiger partial charge in [-0.05, 0) is 6.42 Å². The molecule has 0 rings (SSSR count). The van der Waals surface area contributed by atoms with Crippen molar-refractivity contribution >= 4 is 7.60 Å². The molecule has 1 atom stereocenters. The molecule has 0 radical (unpaired) electrons. The van der Waals surface area contributed by atoms with Gasteiger partial charge in [0.2, 0.25) is 0 Å². The summed E-state index contributed by atoms with van der Waals surface area (Å²) in [5.74, 6) is 0. The molecule has 0 aliphatic carbocycles. The summed E-state index contributed by atoms with van der Waals surface area (Å²) in [6.07, 6.45) is 39.1. The molecule has 0 aromatic carbocycles. The van der Waals surface area contributed by atoms with Gasteiger partial charge in [-0.1, -0.05) is 180 Å². The molecule has 0 fully saturated rings. The van der Waals surface area contributed by atoms with Gasteiger partial charge >= 0.3 is 7.60 Å². The van der Waals surface area contributed by atoms with E-state index in [0.717, 1.165) is 12.8 Å². The van der Waals surface area contributed by atoms with Crippen molar-refractivity contribution < 1.29 is 14.0 Å². The minimum atomic E-state index is -3.27. The summed E-state index contributed by atoms with van der Waals surface area (Å²) in [7, 11) is -1.95. The smallest absolute Gasteiger partial charge is 0.324 e. The summed E-state index contributed by atoms with van der Waals surface area (Å²) < 4.78 is 16.0. The minimum absolute atomic E-state index is 0.308. The molecule has 4 heteroatoms. The normalized spacial score (nSPS) is 13.3. The Balaban J connectivity index is 3.06. The fourth-order valence-corrected chi connectivity index (χ4v) is 5.88. The average Bonchev–Trinajstić information content (AvgIpc) is 2.85. The first-order valence-electron chi connectivity index (χ1n) is 16.0. The lowest BCUT2D eigenvalue weighted by atomic mass is 10.0. The quantitative estimate of drug-likeness (QED) is 0.0762. The number of hydrogen-bond donors (Lipinski definition) is 1. The molecular weight excluding hydrogens is 451 g/mol. The highest BCUT2D eigenvalue weighted by molar-refractivity contribution is 7.52. The third kappa shape index (κ3) is 30.3. The maximum absolute atomic E-state index is 11.4. The van der Waals surface area contributed by atoms with Gasteiger partial charge in [0, 0.05) is 13.3 Å². The van der Waals surface area contributed by atoms with Gasteiger partial charge in [0.15, 0.2) is 0 Å². The average molecular weight is 517 g/mol. The number of rotatable bonds is 30. The molecule has 212 valence electrons. The Labute approximate surface area is 221 Å². The Morgan fingerprint density at radius 2 is 0.629 bits per heavy atom. The van der Waals surface area contributed by atoms with Crippen LogP contribution in [0.2, 0.25) is 0 Å². The van der Waals surface area contributed by atoms with E-state index in [1.165, 1.54) is 174 Å². The highest BCUT2D eigenvalue weighted by Crippen LogP contribution is 2.41. The van der Waals surface area contributed by atoms with E-state index in [1.807, 2.05) is 0 Å². The van der Waals surface area contributed by atoms with E-state index in [9.17, 15) is 9.46 Å². The van der Waals surface area contributed by atoms with Gasteiger partial charge < -0.3 is 9.42 Å². The van der Waals surface area contributed by atoms with Gasteiger partial charge in [-0.15, -0.1) is 0 Å². The van der Waals surface area contributed by atoms with Crippen LogP contribution in [0.3, 0.4) is 0 Å². The van der Waals surface area contributed by atoms with Gasteiger partial charge in [-0.25, -0.2) is 0 Å². The second kappa shape index (κ2) is 28.7. The van der Waals surface area contributed by atoms with Crippen LogP contribution in [0.4, 0.5) is 0 Å². The van der Waals surface area contributed by atoms with E-state index in [-0.39, 0.29) is 0 Å². The Kier molecular flexibility index (Phi) is 28.8. The van der Waals surface area contributed by atoms with Gasteiger partial charge in [-0.2, -0.15) is 0 Å². The monoisotopic (exact) mass is 516 g/mol. The molecule has 0 aliphatic rings. The van der Waals surface area contributed by atoms with Crippen LogP contribution in [-0.2, 0) is 9.09 Å². The first-order valence-corrected chi connectivity index (χ1v) is 17.8. The molecule has 0 spiro atoms. The molecule has 0 saturated heterocycles. The standard InChI is InChI=1S/C31H65O3P/c1-3-4-5-6-7-8-9-10-11-12-13-14-15-16-17-18-19-20-21-22-23-24-25-26-27-28-29-30-31-35(32,33)34-2/h3-31H2,1-2H3,(H,32,33). The fraction of sp³-hybridized carbons (Fsp3) is 1.00. The topological polar surface area (TPSA) is 46.5 Å². The summed E-state index contributed by atoms with van der Waals surface area (Å²) in [5.41, 5.74) is 0. The van der Waals surface area contributed by atoms with Crippen molar-refractivity contribution in [1.82, 2.24) is 0 Å². The molecule has 0 amide bonds. The predicted molar refractivity (Wildman–Crippen MR) is 157 cm³/mol. The van der Waals surface area contributed by atoms with Crippen LogP contribution in [0, 0.1) is 0 Å². The van der Waals surface area contributed by atoms with Gasteiger partial charge in [0.25, 0.3) is 0 Å². The molecule has 1 unspecified atom stereocenters. The highest BCUT2D eigenvalue weighted by Gasteiger charge is 2.15. The molecule has 1 N–H and O–H groups in total. The van der Waals surface area contributed by atoms with Crippen LogP contribution in [0.5, 0.6) is 0 Å². The van der Waals surface area contributed by atoms with Crippen LogP contribution in [0.15, 0.2) is 0 Å². The molecule has 3 nitrogen and oxygen atoms in total. The number of unbranched alkanes of at least 4 members (excludes halogenated alkanes) is 27. The van der Waals surface area contributed by atoms with Gasteiger partial charge in [0.05, 0.1) is 0 Å². The van der Waals surface area contributed by atoms with Crippen LogP contribution >= 0.6 is 7.60 Å². The largest absolute Gasteiger partial charge is 0.327 e. The van der Waals surface area contributed by atoms with Crippen molar-refractivity contribution in [3.05, 3.63) is 0 Å². The van der Waals surface area contributed by atoms with Crippen LogP contribution in [-0.4, -0.2) is 18.2 Å². The van der Waals surface area contributed by atoms with Crippen molar-refractivity contribution in [2.24, 2.45) is 0 Å². The molecule has 0 bridgehead atoms. The van der Waals surface area contributed by atoms with Crippen molar-refractivity contribution in [2.75, 3.05) is 13.3 Å². The Hall–Kier alpha value is 0.150. The Bertz CT molecular complexity index is 441. The van der Waals surface area contributed by atoms with E-state index >= 15 is 0 Å². The maximum atomic E-state index is 11.4. The highest BCUT2D eigenvalue weighted by atomic mass is 31.2. The van der Waals surface area contributed by atoms with Crippen molar-refractivity contribution in [1.29, 1.82) is 0 Å². The first-order chi connectivity index (χ1) is 17.1. The van der Waals surface area contributed by atoms with Crippen molar-refractivity contribution in [3.63, 3.8) is 0 Å². The third-order valence-electron chi connectivity index (χ3n) is 7.58. The Morgan fingerprint density at radius 1 is 0.429 bits per heavy atom. The van der Waals surface area contributed by atoms with E-state index in [2.05, 4.69) is 11.4 Å². The second-order valence-electron chi connectivity index (χ2n) is 11.1. The van der Waals surface area contributed by atoms with Crippen molar-refractivity contribution in [2.45, 2.75) is 187 Å². The lowest BCUT2D eigenvalue weighted by Gasteiger charge is -2.08. The van der Waals surface area contributed by atoms with E-state index in [0.29, 0.717) is 6.16 Å². The molecule has 0 aromatic rings. The first kappa shape index (κ1) is 35.2. The van der Waals surface area contributed by atoms with Crippen LogP contribution < -0.4 is 0 Å². The summed E-state index contributed by atoms with van der Waals surface area (Å²) in [6.45, 7) is 2.30. The zero-order chi connectivity index (χ0) is 25.7. The SMILES string of the molecule is CCCCCCCCCCCCCCCCCCCCCCCCCCCCCCP(=O)(O)OC. The third-order valence-corrected chi connectivity index (χ3v) is 9.03. The van der Waals surface area contributed by atoms with Crippen LogP contribution in [0.25, 0.3) is 0 Å². The number of hydrogen-bond acceptors (Lipinski definition) is 2. The summed E-state index contributed by atoms with van der Waals surface area (Å²) in [4.78, 5) is 9.35. The fourth-order valence-electron chi connectivity index (χ4n) is 5.07. The molecule has 35 heavy (non-hydrogen) atoms.